The van der Waals surface area contributed by atoms with E-state index < -0.39 is 5.60 Å². The third kappa shape index (κ3) is 4.16. The van der Waals surface area contributed by atoms with Crippen molar-refractivity contribution in [3.63, 3.8) is 0 Å². The van der Waals surface area contributed by atoms with Crippen molar-refractivity contribution in [2.24, 2.45) is 46.8 Å². The normalized spacial score (nSPS) is 43.2. The highest BCUT2D eigenvalue weighted by molar-refractivity contribution is 5.21. The first-order chi connectivity index (χ1) is 15.9. The Morgan fingerprint density at radius 1 is 1.18 bits per heavy atom. The van der Waals surface area contributed by atoms with Crippen molar-refractivity contribution in [2.45, 2.75) is 90.7 Å². The molecule has 0 spiro atoms. The van der Waals surface area contributed by atoms with Gasteiger partial charge in [-0.1, -0.05) is 13.8 Å². The van der Waals surface area contributed by atoms with Crippen LogP contribution in [0.25, 0.3) is 0 Å². The van der Waals surface area contributed by atoms with Crippen LogP contribution >= 0.6 is 0 Å². The number of hydrogen-bond donors (Lipinski definition) is 1. The molecule has 5 rings (SSSR count). The van der Waals surface area contributed by atoms with Gasteiger partial charge in [0, 0.05) is 19.3 Å². The Morgan fingerprint density at radius 2 is 2.00 bits per heavy atom. The SMILES string of the molecule is CCOC[C@@]1(O)CC[C@H]2[C@H](CC[C@@H]3[C@@H]2CC[C@]2(C)[C@@H]([C@H](C)Cn4cc(C#N)cn4)CC[C@@H]32)C1. The van der Waals surface area contributed by atoms with E-state index >= 15 is 0 Å². The maximum atomic E-state index is 11.1. The van der Waals surface area contributed by atoms with E-state index in [4.69, 9.17) is 10.00 Å². The Bertz CT molecular complexity index is 877. The van der Waals surface area contributed by atoms with Crippen molar-refractivity contribution in [1.29, 1.82) is 5.26 Å². The van der Waals surface area contributed by atoms with E-state index in [2.05, 4.69) is 25.0 Å². The van der Waals surface area contributed by atoms with Crippen LogP contribution in [-0.4, -0.2) is 33.7 Å². The minimum Gasteiger partial charge on any atom is -0.387 e. The van der Waals surface area contributed by atoms with Crippen molar-refractivity contribution < 1.29 is 9.84 Å². The summed E-state index contributed by atoms with van der Waals surface area (Å²) >= 11 is 0. The summed E-state index contributed by atoms with van der Waals surface area (Å²) in [5, 5.41) is 24.7. The van der Waals surface area contributed by atoms with Gasteiger partial charge < -0.3 is 9.84 Å². The lowest BCUT2D eigenvalue weighted by Crippen LogP contribution is -2.52. The van der Waals surface area contributed by atoms with Gasteiger partial charge in [-0.05, 0) is 112 Å². The number of aliphatic hydroxyl groups is 1. The van der Waals surface area contributed by atoms with Gasteiger partial charge in [0.25, 0.3) is 0 Å². The van der Waals surface area contributed by atoms with E-state index in [0.717, 1.165) is 49.0 Å². The molecule has 0 unspecified atom stereocenters. The average molecular weight is 454 g/mol. The van der Waals surface area contributed by atoms with Crippen molar-refractivity contribution in [3.8, 4) is 6.07 Å². The molecule has 1 N–H and O–H groups in total. The number of ether oxygens (including phenoxy) is 1. The maximum Gasteiger partial charge on any atom is 0.102 e. The van der Waals surface area contributed by atoms with Crippen LogP contribution in [0.4, 0.5) is 0 Å². The van der Waals surface area contributed by atoms with Crippen LogP contribution in [0, 0.1) is 58.2 Å². The summed E-state index contributed by atoms with van der Waals surface area (Å²) < 4.78 is 7.63. The Labute approximate surface area is 199 Å². The first-order valence-corrected chi connectivity index (χ1v) is 13.6. The topological polar surface area (TPSA) is 71.1 Å². The largest absolute Gasteiger partial charge is 0.387 e. The number of hydrogen-bond acceptors (Lipinski definition) is 4. The van der Waals surface area contributed by atoms with Gasteiger partial charge in [-0.2, -0.15) is 10.4 Å². The van der Waals surface area contributed by atoms with Gasteiger partial charge in [0.2, 0.25) is 0 Å². The molecular weight excluding hydrogens is 410 g/mol. The number of fused-ring (bicyclic) bond motifs is 5. The molecule has 4 fully saturated rings. The van der Waals surface area contributed by atoms with Crippen LogP contribution in [0.1, 0.15) is 84.1 Å². The molecule has 4 aliphatic carbocycles. The number of aromatic nitrogens is 2. The molecule has 9 atom stereocenters. The number of rotatable bonds is 6. The molecule has 33 heavy (non-hydrogen) atoms. The van der Waals surface area contributed by atoms with Crippen molar-refractivity contribution in [3.05, 3.63) is 18.0 Å². The molecule has 1 heterocycles. The summed E-state index contributed by atoms with van der Waals surface area (Å²) in [7, 11) is 0. The summed E-state index contributed by atoms with van der Waals surface area (Å²) in [6, 6.07) is 2.21. The fourth-order valence-corrected chi connectivity index (χ4v) is 9.30. The van der Waals surface area contributed by atoms with E-state index in [1.807, 2.05) is 17.8 Å². The van der Waals surface area contributed by atoms with E-state index in [1.54, 1.807) is 6.20 Å². The first-order valence-electron chi connectivity index (χ1n) is 13.6. The Morgan fingerprint density at radius 3 is 2.76 bits per heavy atom. The second-order valence-electron chi connectivity index (χ2n) is 12.3. The molecule has 0 saturated heterocycles. The molecule has 1 aromatic heterocycles. The van der Waals surface area contributed by atoms with Gasteiger partial charge in [0.15, 0.2) is 0 Å². The summed E-state index contributed by atoms with van der Waals surface area (Å²) in [4.78, 5) is 0. The Hall–Kier alpha value is -1.38. The monoisotopic (exact) mass is 453 g/mol. The molecule has 0 radical (unpaired) electrons. The van der Waals surface area contributed by atoms with Crippen LogP contribution in [-0.2, 0) is 11.3 Å². The molecule has 5 nitrogen and oxygen atoms in total. The standard InChI is InChI=1S/C28H43N3O2/c1-4-33-18-28(32)12-10-22-21(13-28)5-6-24-23(22)9-11-27(3)25(7-8-26(24)27)19(2)16-31-17-20(14-29)15-30-31/h15,17,19,21-26,32H,4-13,16,18H2,1-3H3/t19-,21-,22+,23-,24-,25-,26+,27-,28-/m1/s1. The molecule has 4 aliphatic rings. The van der Waals surface area contributed by atoms with E-state index in [1.165, 1.54) is 44.9 Å². The van der Waals surface area contributed by atoms with Crippen LogP contribution < -0.4 is 0 Å². The van der Waals surface area contributed by atoms with Crippen LogP contribution in [0.2, 0.25) is 0 Å². The van der Waals surface area contributed by atoms with Crippen LogP contribution in [0.3, 0.4) is 0 Å². The lowest BCUT2D eigenvalue weighted by molar-refractivity contribution is -0.129. The summed E-state index contributed by atoms with van der Waals surface area (Å²) in [5.41, 5.74) is 0.526. The zero-order valence-corrected chi connectivity index (χ0v) is 20.9. The highest BCUT2D eigenvalue weighted by Gasteiger charge is 2.58. The van der Waals surface area contributed by atoms with Gasteiger partial charge in [0.05, 0.1) is 24.0 Å². The van der Waals surface area contributed by atoms with Gasteiger partial charge in [0.1, 0.15) is 6.07 Å². The van der Waals surface area contributed by atoms with Crippen LogP contribution in [0.5, 0.6) is 0 Å². The molecular formula is C28H43N3O2. The zero-order chi connectivity index (χ0) is 23.2. The highest BCUT2D eigenvalue weighted by atomic mass is 16.5. The van der Waals surface area contributed by atoms with Crippen molar-refractivity contribution in [2.75, 3.05) is 13.2 Å². The highest BCUT2D eigenvalue weighted by Crippen LogP contribution is 2.65. The Balaban J connectivity index is 1.26. The van der Waals surface area contributed by atoms with E-state index in [-0.39, 0.29) is 0 Å². The molecule has 0 aromatic carbocycles. The van der Waals surface area contributed by atoms with Crippen LogP contribution in [0.15, 0.2) is 12.4 Å². The second kappa shape index (κ2) is 9.00. The minimum absolute atomic E-state index is 0.447. The smallest absolute Gasteiger partial charge is 0.102 e. The molecule has 0 amide bonds. The van der Waals surface area contributed by atoms with Gasteiger partial charge >= 0.3 is 0 Å². The molecule has 5 heteroatoms. The lowest BCUT2D eigenvalue weighted by Gasteiger charge is -2.57. The number of nitrogens with zero attached hydrogens (tertiary/aromatic N) is 3. The average Bonchev–Trinajstić information content (AvgIpc) is 3.40. The van der Waals surface area contributed by atoms with E-state index in [0.29, 0.717) is 36.0 Å². The predicted octanol–water partition coefficient (Wildman–Crippen LogP) is 5.43. The second-order valence-corrected chi connectivity index (χ2v) is 12.3. The number of nitriles is 1. The molecule has 0 aliphatic heterocycles. The summed E-state index contributed by atoms with van der Waals surface area (Å²) in [5.74, 6) is 5.47. The van der Waals surface area contributed by atoms with Gasteiger partial charge in [-0.15, -0.1) is 0 Å². The quantitative estimate of drug-likeness (QED) is 0.624. The van der Waals surface area contributed by atoms with E-state index in [9.17, 15) is 5.11 Å². The zero-order valence-electron chi connectivity index (χ0n) is 20.9. The predicted molar refractivity (Wildman–Crippen MR) is 128 cm³/mol. The van der Waals surface area contributed by atoms with Crippen molar-refractivity contribution >= 4 is 0 Å². The molecule has 182 valence electrons. The minimum atomic E-state index is -0.584. The lowest BCUT2D eigenvalue weighted by atomic mass is 9.48. The maximum absolute atomic E-state index is 11.1. The summed E-state index contributed by atoms with van der Waals surface area (Å²) in [6.45, 7) is 9.18. The third-order valence-electron chi connectivity index (χ3n) is 10.7. The van der Waals surface area contributed by atoms with Gasteiger partial charge in [-0.3, -0.25) is 4.68 Å². The Kier molecular flexibility index (Phi) is 6.38. The molecule has 1 aromatic rings. The fraction of sp³-hybridized carbons (Fsp3) is 0.857. The third-order valence-corrected chi connectivity index (χ3v) is 10.7. The van der Waals surface area contributed by atoms with Crippen molar-refractivity contribution in [1.82, 2.24) is 9.78 Å². The summed E-state index contributed by atoms with van der Waals surface area (Å²) in [6.07, 6.45) is 14.8. The first kappa shape index (κ1) is 23.4. The molecule has 0 bridgehead atoms. The van der Waals surface area contributed by atoms with Gasteiger partial charge in [-0.25, -0.2) is 0 Å². The fourth-order valence-electron chi connectivity index (χ4n) is 9.30. The molecule has 4 saturated carbocycles.